The average Bonchev–Trinajstić information content (AvgIpc) is 3.20. The van der Waals surface area contributed by atoms with Gasteiger partial charge < -0.3 is 25.2 Å². The van der Waals surface area contributed by atoms with Gasteiger partial charge in [-0.05, 0) is 57.8 Å². The third kappa shape index (κ3) is 40.7. The Labute approximate surface area is 353 Å². The zero-order chi connectivity index (χ0) is 42.8. The SMILES string of the molecule is CCCC/C=C\CCCCCCCC(=O)OCC(COP(=O)(O)OCC(N)C(=O)O)OC(=O)CCCCCCCCCCCCC/C=C\CCCCCCCCCC. The Bertz CT molecular complexity index is 1080. The first-order valence-corrected chi connectivity index (χ1v) is 24.9. The first-order chi connectivity index (χ1) is 28.1. The summed E-state index contributed by atoms with van der Waals surface area (Å²) in [5.41, 5.74) is 5.33. The van der Waals surface area contributed by atoms with E-state index in [1.807, 2.05) is 0 Å². The minimum absolute atomic E-state index is 0.161. The number of phosphoric acid groups is 1. The van der Waals surface area contributed by atoms with Crippen LogP contribution in [0.5, 0.6) is 0 Å². The lowest BCUT2D eigenvalue weighted by atomic mass is 10.0. The number of carboxylic acids is 1. The number of rotatable bonds is 44. The summed E-state index contributed by atoms with van der Waals surface area (Å²) < 4.78 is 32.7. The van der Waals surface area contributed by atoms with E-state index < -0.39 is 51.1 Å². The molecular formula is C46H86NO10P. The van der Waals surface area contributed by atoms with E-state index in [2.05, 4.69) is 42.7 Å². The number of esters is 2. The van der Waals surface area contributed by atoms with Gasteiger partial charge in [0.1, 0.15) is 12.6 Å². The van der Waals surface area contributed by atoms with E-state index in [1.165, 1.54) is 122 Å². The molecule has 0 heterocycles. The average molecular weight is 844 g/mol. The standard InChI is InChI=1S/C46H86NO10P/c1-3-5-7-9-11-13-15-16-17-18-19-20-21-22-23-24-25-26-28-30-32-34-36-38-45(49)57-42(40-55-58(52,53)56-41-43(47)46(50)51)39-54-44(48)37-35-33-31-29-27-14-12-10-8-6-4-2/h10,12,18-19,42-43H,3-9,11,13-17,20-41,47H2,1-2H3,(H,50,51)(H,52,53)/b12-10-,19-18-. The highest BCUT2D eigenvalue weighted by Gasteiger charge is 2.28. The van der Waals surface area contributed by atoms with E-state index in [-0.39, 0.29) is 19.4 Å². The number of allylic oxidation sites excluding steroid dienone is 4. The van der Waals surface area contributed by atoms with Crippen LogP contribution in [0, 0.1) is 0 Å². The van der Waals surface area contributed by atoms with Gasteiger partial charge >= 0.3 is 25.7 Å². The number of nitrogens with two attached hydrogens (primary N) is 1. The number of ether oxygens (including phenoxy) is 2. The largest absolute Gasteiger partial charge is 0.480 e. The highest BCUT2D eigenvalue weighted by Crippen LogP contribution is 2.43. The van der Waals surface area contributed by atoms with Crippen molar-refractivity contribution < 1.29 is 47.5 Å². The lowest BCUT2D eigenvalue weighted by Crippen LogP contribution is -2.34. The molecule has 0 aromatic rings. The molecule has 3 atom stereocenters. The number of aliphatic carboxylic acids is 1. The molecule has 0 aliphatic heterocycles. The molecule has 3 unspecified atom stereocenters. The van der Waals surface area contributed by atoms with E-state index in [0.717, 1.165) is 57.8 Å². The summed E-state index contributed by atoms with van der Waals surface area (Å²) in [7, 11) is -4.71. The Balaban J connectivity index is 4.21. The monoisotopic (exact) mass is 844 g/mol. The maximum absolute atomic E-state index is 12.6. The van der Waals surface area contributed by atoms with Gasteiger partial charge in [0.05, 0.1) is 13.2 Å². The summed E-state index contributed by atoms with van der Waals surface area (Å²) in [6, 6.07) is -1.52. The van der Waals surface area contributed by atoms with Crippen molar-refractivity contribution in [3.05, 3.63) is 24.3 Å². The number of hydrogen-bond acceptors (Lipinski definition) is 9. The van der Waals surface area contributed by atoms with Crippen molar-refractivity contribution in [2.45, 2.75) is 231 Å². The number of phosphoric ester groups is 1. The van der Waals surface area contributed by atoms with Crippen molar-refractivity contribution in [2.24, 2.45) is 5.73 Å². The molecule has 0 aliphatic carbocycles. The van der Waals surface area contributed by atoms with Crippen molar-refractivity contribution in [3.8, 4) is 0 Å². The Morgan fingerprint density at radius 2 is 0.879 bits per heavy atom. The zero-order valence-corrected chi connectivity index (χ0v) is 37.8. The molecular weight excluding hydrogens is 757 g/mol. The summed E-state index contributed by atoms with van der Waals surface area (Å²) in [5, 5.41) is 8.89. The molecule has 0 fully saturated rings. The van der Waals surface area contributed by atoms with Crippen LogP contribution in [0.2, 0.25) is 0 Å². The van der Waals surface area contributed by atoms with Crippen molar-refractivity contribution in [1.82, 2.24) is 0 Å². The van der Waals surface area contributed by atoms with E-state index in [9.17, 15) is 23.8 Å². The first-order valence-electron chi connectivity index (χ1n) is 23.4. The second-order valence-electron chi connectivity index (χ2n) is 15.9. The Kier molecular flexibility index (Phi) is 40.2. The molecule has 0 rings (SSSR count). The summed E-state index contributed by atoms with van der Waals surface area (Å²) in [6.07, 6.45) is 44.0. The number of hydrogen-bond donors (Lipinski definition) is 3. The molecule has 0 saturated heterocycles. The van der Waals surface area contributed by atoms with Crippen LogP contribution >= 0.6 is 7.82 Å². The second kappa shape index (κ2) is 41.7. The smallest absolute Gasteiger partial charge is 0.472 e. The van der Waals surface area contributed by atoms with Crippen LogP contribution < -0.4 is 5.73 Å². The fourth-order valence-corrected chi connectivity index (χ4v) is 7.23. The van der Waals surface area contributed by atoms with Crippen LogP contribution in [0.4, 0.5) is 0 Å². The molecule has 0 bridgehead atoms. The van der Waals surface area contributed by atoms with Gasteiger partial charge in [-0.2, -0.15) is 0 Å². The van der Waals surface area contributed by atoms with Gasteiger partial charge in [-0.3, -0.25) is 23.4 Å². The van der Waals surface area contributed by atoms with Crippen molar-refractivity contribution in [1.29, 1.82) is 0 Å². The summed E-state index contributed by atoms with van der Waals surface area (Å²) >= 11 is 0. The van der Waals surface area contributed by atoms with Gasteiger partial charge in [0.2, 0.25) is 0 Å². The molecule has 11 nitrogen and oxygen atoms in total. The minimum atomic E-state index is -4.71. The third-order valence-electron chi connectivity index (χ3n) is 10.2. The van der Waals surface area contributed by atoms with E-state index >= 15 is 0 Å². The van der Waals surface area contributed by atoms with Gasteiger partial charge in [-0.1, -0.05) is 173 Å². The molecule has 0 radical (unpaired) electrons. The molecule has 0 aromatic heterocycles. The van der Waals surface area contributed by atoms with Crippen molar-refractivity contribution in [2.75, 3.05) is 19.8 Å². The predicted octanol–water partition coefficient (Wildman–Crippen LogP) is 12.6. The Morgan fingerprint density at radius 1 is 0.517 bits per heavy atom. The lowest BCUT2D eigenvalue weighted by Gasteiger charge is -2.20. The molecule has 0 amide bonds. The van der Waals surface area contributed by atoms with Gasteiger partial charge in [0.25, 0.3) is 0 Å². The lowest BCUT2D eigenvalue weighted by molar-refractivity contribution is -0.161. The van der Waals surface area contributed by atoms with Crippen LogP contribution in [0.3, 0.4) is 0 Å². The zero-order valence-electron chi connectivity index (χ0n) is 36.9. The maximum Gasteiger partial charge on any atom is 0.472 e. The predicted molar refractivity (Wildman–Crippen MR) is 236 cm³/mol. The van der Waals surface area contributed by atoms with Gasteiger partial charge in [0, 0.05) is 12.8 Å². The van der Waals surface area contributed by atoms with E-state index in [4.69, 9.17) is 24.8 Å². The van der Waals surface area contributed by atoms with Crippen LogP contribution in [0.15, 0.2) is 24.3 Å². The molecule has 0 aromatic carbocycles. The Hall–Kier alpha value is -2.04. The van der Waals surface area contributed by atoms with Crippen LogP contribution in [-0.4, -0.2) is 59.9 Å². The number of carbonyl (C=O) groups is 3. The summed E-state index contributed by atoms with van der Waals surface area (Å²) in [4.78, 5) is 45.9. The van der Waals surface area contributed by atoms with E-state index in [0.29, 0.717) is 12.8 Å². The van der Waals surface area contributed by atoms with Crippen LogP contribution in [-0.2, 0) is 37.5 Å². The molecule has 340 valence electrons. The summed E-state index contributed by atoms with van der Waals surface area (Å²) in [6.45, 7) is 2.77. The van der Waals surface area contributed by atoms with Gasteiger partial charge in [-0.25, -0.2) is 4.57 Å². The van der Waals surface area contributed by atoms with Gasteiger partial charge in [0.15, 0.2) is 6.10 Å². The topological polar surface area (TPSA) is 172 Å². The minimum Gasteiger partial charge on any atom is -0.480 e. The van der Waals surface area contributed by atoms with Crippen molar-refractivity contribution in [3.63, 3.8) is 0 Å². The molecule has 0 spiro atoms. The number of carbonyl (C=O) groups excluding carboxylic acids is 2. The summed E-state index contributed by atoms with van der Waals surface area (Å²) in [5.74, 6) is -2.38. The molecule has 58 heavy (non-hydrogen) atoms. The highest BCUT2D eigenvalue weighted by atomic mass is 31.2. The molecule has 4 N–H and O–H groups in total. The quantitative estimate of drug-likeness (QED) is 0.0231. The van der Waals surface area contributed by atoms with Gasteiger partial charge in [-0.15, -0.1) is 0 Å². The van der Waals surface area contributed by atoms with Crippen LogP contribution in [0.1, 0.15) is 219 Å². The normalized spacial score (nSPS) is 13.9. The fourth-order valence-electron chi connectivity index (χ4n) is 6.45. The second-order valence-corrected chi connectivity index (χ2v) is 17.3. The van der Waals surface area contributed by atoms with Crippen LogP contribution in [0.25, 0.3) is 0 Å². The van der Waals surface area contributed by atoms with Crippen molar-refractivity contribution >= 4 is 25.7 Å². The van der Waals surface area contributed by atoms with E-state index in [1.54, 1.807) is 0 Å². The third-order valence-corrected chi connectivity index (χ3v) is 11.1. The molecule has 0 aliphatic rings. The number of unbranched alkanes of at least 4 members (excludes halogenated alkanes) is 26. The highest BCUT2D eigenvalue weighted by molar-refractivity contribution is 7.47. The first kappa shape index (κ1) is 56.0. The fraction of sp³-hybridized carbons (Fsp3) is 0.848. The molecule has 0 saturated carbocycles. The maximum atomic E-state index is 12.6. The number of carboxylic acid groups (broad SMARTS) is 1. The Morgan fingerprint density at radius 3 is 1.31 bits per heavy atom. The molecule has 12 heteroatoms.